The van der Waals surface area contributed by atoms with Crippen molar-refractivity contribution in [3.8, 4) is 11.3 Å². The fourth-order valence-corrected chi connectivity index (χ4v) is 2.55. The molecule has 0 aliphatic heterocycles. The molecule has 0 atom stereocenters. The van der Waals surface area contributed by atoms with Crippen LogP contribution in [0.15, 0.2) is 60.9 Å². The van der Waals surface area contributed by atoms with E-state index in [4.69, 9.17) is 11.6 Å². The van der Waals surface area contributed by atoms with E-state index in [0.29, 0.717) is 16.4 Å². The van der Waals surface area contributed by atoms with Gasteiger partial charge in [0.25, 0.3) is 5.91 Å². The lowest BCUT2D eigenvalue weighted by Gasteiger charge is -2.14. The van der Waals surface area contributed by atoms with Crippen LogP contribution in [-0.4, -0.2) is 30.0 Å². The summed E-state index contributed by atoms with van der Waals surface area (Å²) in [6.07, 6.45) is 3.26. The van der Waals surface area contributed by atoms with Gasteiger partial charge in [-0.15, -0.1) is 0 Å². The van der Waals surface area contributed by atoms with Crippen LogP contribution in [-0.2, 0) is 0 Å². The highest BCUT2D eigenvalue weighted by atomic mass is 35.5. The zero-order chi connectivity index (χ0) is 17.8. The molecule has 1 amide bonds. The molecule has 3 aromatic rings. The molecule has 0 saturated heterocycles. The van der Waals surface area contributed by atoms with Gasteiger partial charge in [-0.3, -0.25) is 14.8 Å². The van der Waals surface area contributed by atoms with Gasteiger partial charge in [0.2, 0.25) is 0 Å². The number of nitrogens with one attached hydrogen (secondary N) is 1. The van der Waals surface area contributed by atoms with Gasteiger partial charge < -0.3 is 10.2 Å². The van der Waals surface area contributed by atoms with Gasteiger partial charge >= 0.3 is 0 Å². The zero-order valence-electron chi connectivity index (χ0n) is 13.9. The molecular weight excluding hydrogens is 336 g/mol. The first-order chi connectivity index (χ1) is 12.0. The predicted octanol–water partition coefficient (Wildman–Crippen LogP) is 4.12. The average molecular weight is 353 g/mol. The predicted molar refractivity (Wildman–Crippen MR) is 101 cm³/mol. The van der Waals surface area contributed by atoms with Crippen LogP contribution in [0.4, 0.5) is 11.4 Å². The number of halogens is 1. The van der Waals surface area contributed by atoms with Crippen LogP contribution < -0.4 is 10.2 Å². The van der Waals surface area contributed by atoms with Gasteiger partial charge in [0, 0.05) is 43.4 Å². The number of hydrogen-bond acceptors (Lipinski definition) is 4. The normalized spacial score (nSPS) is 10.4. The molecule has 2 aromatic heterocycles. The third kappa shape index (κ3) is 3.95. The highest BCUT2D eigenvalue weighted by Crippen LogP contribution is 2.24. The minimum Gasteiger partial charge on any atom is -0.378 e. The van der Waals surface area contributed by atoms with Gasteiger partial charge in [0.1, 0.15) is 5.69 Å². The minimum absolute atomic E-state index is 0.269. The smallest absolute Gasteiger partial charge is 0.274 e. The number of hydrogen-bond donors (Lipinski definition) is 1. The van der Waals surface area contributed by atoms with E-state index in [-0.39, 0.29) is 5.91 Å². The largest absolute Gasteiger partial charge is 0.378 e. The summed E-state index contributed by atoms with van der Waals surface area (Å²) in [5.41, 5.74) is 3.45. The monoisotopic (exact) mass is 352 g/mol. The van der Waals surface area contributed by atoms with Crippen molar-refractivity contribution in [3.63, 3.8) is 0 Å². The molecule has 0 aliphatic carbocycles. The Kier molecular flexibility index (Phi) is 4.95. The number of pyridine rings is 2. The number of rotatable bonds is 4. The van der Waals surface area contributed by atoms with E-state index in [0.717, 1.165) is 16.9 Å². The second-order valence-electron chi connectivity index (χ2n) is 5.66. The molecule has 0 saturated carbocycles. The molecule has 0 unspecified atom stereocenters. The lowest BCUT2D eigenvalue weighted by Crippen LogP contribution is -2.14. The minimum atomic E-state index is -0.269. The molecular formula is C19H17ClN4O. The molecule has 1 N–H and O–H groups in total. The first-order valence-electron chi connectivity index (χ1n) is 7.70. The summed E-state index contributed by atoms with van der Waals surface area (Å²) in [6, 6.07) is 14.6. The summed E-state index contributed by atoms with van der Waals surface area (Å²) in [4.78, 5) is 22.8. The van der Waals surface area contributed by atoms with E-state index in [2.05, 4.69) is 15.3 Å². The van der Waals surface area contributed by atoms with E-state index in [1.807, 2.05) is 43.3 Å². The standard InChI is InChI=1S/C19H17ClN4O/c1-24(2)15-6-3-5-14(11-15)23-19(25)17-9-8-13(12-22-17)18-16(20)7-4-10-21-18/h3-12H,1-2H3,(H,23,25). The van der Waals surface area contributed by atoms with Crippen LogP contribution in [0.3, 0.4) is 0 Å². The summed E-state index contributed by atoms with van der Waals surface area (Å²) < 4.78 is 0. The first-order valence-corrected chi connectivity index (χ1v) is 8.08. The van der Waals surface area contributed by atoms with Crippen molar-refractivity contribution >= 4 is 28.9 Å². The van der Waals surface area contributed by atoms with Crippen LogP contribution >= 0.6 is 11.6 Å². The lowest BCUT2D eigenvalue weighted by atomic mass is 10.1. The number of carbonyl (C=O) groups is 1. The van der Waals surface area contributed by atoms with Gasteiger partial charge in [0.15, 0.2) is 0 Å². The molecule has 0 fully saturated rings. The van der Waals surface area contributed by atoms with Crippen molar-refractivity contribution < 1.29 is 4.79 Å². The summed E-state index contributed by atoms with van der Waals surface area (Å²) in [5.74, 6) is -0.269. The van der Waals surface area contributed by atoms with Gasteiger partial charge in [0.05, 0.1) is 10.7 Å². The third-order valence-corrected chi connectivity index (χ3v) is 3.95. The Labute approximate surface area is 151 Å². The van der Waals surface area contributed by atoms with Crippen LogP contribution in [0.2, 0.25) is 5.02 Å². The van der Waals surface area contributed by atoms with E-state index in [1.165, 1.54) is 0 Å². The Hall–Kier alpha value is -2.92. The maximum absolute atomic E-state index is 12.4. The van der Waals surface area contributed by atoms with Crippen molar-refractivity contribution in [3.05, 3.63) is 71.6 Å². The van der Waals surface area contributed by atoms with Crippen molar-refractivity contribution in [2.75, 3.05) is 24.3 Å². The van der Waals surface area contributed by atoms with Gasteiger partial charge in [-0.2, -0.15) is 0 Å². The maximum atomic E-state index is 12.4. The number of nitrogens with zero attached hydrogens (tertiary/aromatic N) is 3. The SMILES string of the molecule is CN(C)c1cccc(NC(=O)c2ccc(-c3ncccc3Cl)cn2)c1. The van der Waals surface area contributed by atoms with Crippen LogP contribution in [0.5, 0.6) is 0 Å². The van der Waals surface area contributed by atoms with Gasteiger partial charge in [-0.25, -0.2) is 0 Å². The highest BCUT2D eigenvalue weighted by Gasteiger charge is 2.10. The van der Waals surface area contributed by atoms with Crippen LogP contribution in [0.25, 0.3) is 11.3 Å². The van der Waals surface area contributed by atoms with Crippen LogP contribution in [0, 0.1) is 0 Å². The number of aromatic nitrogens is 2. The Balaban J connectivity index is 1.77. The third-order valence-electron chi connectivity index (χ3n) is 3.65. The number of benzene rings is 1. The van der Waals surface area contributed by atoms with Crippen molar-refractivity contribution in [2.45, 2.75) is 0 Å². The van der Waals surface area contributed by atoms with Gasteiger partial charge in [-0.05, 0) is 42.5 Å². The number of carbonyl (C=O) groups excluding carboxylic acids is 1. The van der Waals surface area contributed by atoms with Crippen molar-refractivity contribution in [1.29, 1.82) is 0 Å². The summed E-state index contributed by atoms with van der Waals surface area (Å²) in [5, 5.41) is 3.40. The molecule has 0 aliphatic rings. The summed E-state index contributed by atoms with van der Waals surface area (Å²) in [6.45, 7) is 0. The van der Waals surface area contributed by atoms with E-state index in [1.54, 1.807) is 36.7 Å². The quantitative estimate of drug-likeness (QED) is 0.767. The van der Waals surface area contributed by atoms with E-state index in [9.17, 15) is 4.79 Å². The first kappa shape index (κ1) is 16.9. The second-order valence-corrected chi connectivity index (χ2v) is 6.07. The Morgan fingerprint density at radius 1 is 1.08 bits per heavy atom. The summed E-state index contributed by atoms with van der Waals surface area (Å²) in [7, 11) is 3.90. The molecule has 6 heteroatoms. The Bertz CT molecular complexity index is 894. The fourth-order valence-electron chi connectivity index (χ4n) is 2.32. The summed E-state index contributed by atoms with van der Waals surface area (Å²) >= 11 is 6.14. The van der Waals surface area contributed by atoms with Crippen molar-refractivity contribution in [1.82, 2.24) is 9.97 Å². The van der Waals surface area contributed by atoms with E-state index >= 15 is 0 Å². The highest BCUT2D eigenvalue weighted by molar-refractivity contribution is 6.33. The average Bonchev–Trinajstić information content (AvgIpc) is 2.62. The van der Waals surface area contributed by atoms with E-state index < -0.39 is 0 Å². The molecule has 2 heterocycles. The molecule has 126 valence electrons. The molecule has 1 aromatic carbocycles. The Morgan fingerprint density at radius 2 is 1.92 bits per heavy atom. The van der Waals surface area contributed by atoms with Crippen LogP contribution in [0.1, 0.15) is 10.5 Å². The second kappa shape index (κ2) is 7.32. The number of amides is 1. The molecule has 3 rings (SSSR count). The molecule has 25 heavy (non-hydrogen) atoms. The zero-order valence-corrected chi connectivity index (χ0v) is 14.7. The Morgan fingerprint density at radius 3 is 2.60 bits per heavy atom. The molecule has 0 spiro atoms. The lowest BCUT2D eigenvalue weighted by molar-refractivity contribution is 0.102. The maximum Gasteiger partial charge on any atom is 0.274 e. The number of anilines is 2. The molecule has 0 bridgehead atoms. The van der Waals surface area contributed by atoms with Gasteiger partial charge in [-0.1, -0.05) is 17.7 Å². The molecule has 0 radical (unpaired) electrons. The molecule has 5 nitrogen and oxygen atoms in total. The topological polar surface area (TPSA) is 58.1 Å². The van der Waals surface area contributed by atoms with Crippen molar-refractivity contribution in [2.24, 2.45) is 0 Å². The fraction of sp³-hybridized carbons (Fsp3) is 0.105.